The van der Waals surface area contributed by atoms with E-state index in [1.165, 1.54) is 29.9 Å². The highest BCUT2D eigenvalue weighted by Crippen LogP contribution is 2.28. The van der Waals surface area contributed by atoms with E-state index in [-0.39, 0.29) is 0 Å². The SMILES string of the molecule is Cc1nc2c(c(N3CCC[C@@H](Cn4ccnc4C)C3)n1)CCNCC2. The minimum atomic E-state index is 0.650. The van der Waals surface area contributed by atoms with Gasteiger partial charge in [0.05, 0.1) is 5.69 Å². The molecule has 4 rings (SSSR count). The van der Waals surface area contributed by atoms with Crippen LogP contribution >= 0.6 is 0 Å². The molecule has 0 radical (unpaired) electrons. The van der Waals surface area contributed by atoms with E-state index in [1.807, 2.05) is 13.1 Å². The summed E-state index contributed by atoms with van der Waals surface area (Å²) in [5.74, 6) is 3.85. The molecule has 2 aromatic heterocycles. The van der Waals surface area contributed by atoms with Gasteiger partial charge in [-0.15, -0.1) is 0 Å². The van der Waals surface area contributed by atoms with E-state index in [0.29, 0.717) is 5.92 Å². The number of hydrogen-bond acceptors (Lipinski definition) is 5. The zero-order valence-corrected chi connectivity index (χ0v) is 15.3. The molecule has 6 nitrogen and oxygen atoms in total. The normalized spacial score (nSPS) is 21.0. The monoisotopic (exact) mass is 340 g/mol. The topological polar surface area (TPSA) is 58.9 Å². The molecular formula is C19H28N6. The molecule has 1 atom stereocenters. The van der Waals surface area contributed by atoms with Crippen molar-refractivity contribution in [2.75, 3.05) is 31.1 Å². The summed E-state index contributed by atoms with van der Waals surface area (Å²) in [6.45, 7) is 9.39. The molecule has 0 spiro atoms. The van der Waals surface area contributed by atoms with Crippen molar-refractivity contribution in [3.63, 3.8) is 0 Å². The summed E-state index contributed by atoms with van der Waals surface area (Å²) in [5, 5.41) is 3.49. The molecule has 0 aromatic carbocycles. The third-order valence-electron chi connectivity index (χ3n) is 5.47. The molecule has 4 heterocycles. The largest absolute Gasteiger partial charge is 0.356 e. The first kappa shape index (κ1) is 16.5. The highest BCUT2D eigenvalue weighted by molar-refractivity contribution is 5.50. The van der Waals surface area contributed by atoms with Crippen LogP contribution < -0.4 is 10.2 Å². The van der Waals surface area contributed by atoms with Gasteiger partial charge in [0.2, 0.25) is 0 Å². The van der Waals surface area contributed by atoms with Crippen LogP contribution in [0.2, 0.25) is 0 Å². The van der Waals surface area contributed by atoms with Gasteiger partial charge in [0.1, 0.15) is 17.5 Å². The van der Waals surface area contributed by atoms with E-state index in [0.717, 1.165) is 57.2 Å². The number of imidazole rings is 1. The number of piperidine rings is 1. The minimum Gasteiger partial charge on any atom is -0.356 e. The van der Waals surface area contributed by atoms with E-state index in [9.17, 15) is 0 Å². The van der Waals surface area contributed by atoms with Gasteiger partial charge in [-0.25, -0.2) is 15.0 Å². The number of nitrogens with one attached hydrogen (secondary N) is 1. The number of anilines is 1. The number of aryl methyl sites for hydroxylation is 2. The van der Waals surface area contributed by atoms with Crippen molar-refractivity contribution in [2.45, 2.75) is 46.1 Å². The molecule has 2 aromatic rings. The van der Waals surface area contributed by atoms with Crippen LogP contribution in [0.1, 0.15) is 35.7 Å². The van der Waals surface area contributed by atoms with Crippen LogP contribution in [-0.4, -0.2) is 45.7 Å². The van der Waals surface area contributed by atoms with Crippen LogP contribution in [0.4, 0.5) is 5.82 Å². The zero-order valence-electron chi connectivity index (χ0n) is 15.3. The molecule has 134 valence electrons. The van der Waals surface area contributed by atoms with Crippen molar-refractivity contribution in [2.24, 2.45) is 5.92 Å². The van der Waals surface area contributed by atoms with Gasteiger partial charge < -0.3 is 14.8 Å². The van der Waals surface area contributed by atoms with E-state index in [4.69, 9.17) is 9.97 Å². The number of fused-ring (bicyclic) bond motifs is 1. The summed E-state index contributed by atoms with van der Waals surface area (Å²) < 4.78 is 2.28. The predicted molar refractivity (Wildman–Crippen MR) is 98.9 cm³/mol. The van der Waals surface area contributed by atoms with Crippen molar-refractivity contribution in [3.05, 3.63) is 35.3 Å². The van der Waals surface area contributed by atoms with Gasteiger partial charge in [-0.2, -0.15) is 0 Å². The highest BCUT2D eigenvalue weighted by Gasteiger charge is 2.25. The van der Waals surface area contributed by atoms with Gasteiger partial charge in [0, 0.05) is 50.6 Å². The lowest BCUT2D eigenvalue weighted by Gasteiger charge is -2.35. The van der Waals surface area contributed by atoms with Crippen LogP contribution in [0.25, 0.3) is 0 Å². The summed E-state index contributed by atoms with van der Waals surface area (Å²) in [4.78, 5) is 16.5. The second kappa shape index (κ2) is 7.12. The number of rotatable bonds is 3. The molecule has 1 N–H and O–H groups in total. The van der Waals surface area contributed by atoms with Crippen molar-refractivity contribution in [1.29, 1.82) is 0 Å². The average molecular weight is 340 g/mol. The quantitative estimate of drug-likeness (QED) is 0.925. The molecule has 1 fully saturated rings. The molecule has 2 aliphatic rings. The van der Waals surface area contributed by atoms with Crippen LogP contribution in [0.5, 0.6) is 0 Å². The Hall–Kier alpha value is -1.95. The van der Waals surface area contributed by atoms with Crippen molar-refractivity contribution < 1.29 is 0 Å². The lowest BCUT2D eigenvalue weighted by molar-refractivity contribution is 0.362. The first-order valence-electron chi connectivity index (χ1n) is 9.50. The number of nitrogens with zero attached hydrogens (tertiary/aromatic N) is 5. The van der Waals surface area contributed by atoms with E-state index in [2.05, 4.69) is 32.9 Å². The Kier molecular flexibility index (Phi) is 4.70. The third-order valence-corrected chi connectivity index (χ3v) is 5.47. The molecule has 25 heavy (non-hydrogen) atoms. The summed E-state index contributed by atoms with van der Waals surface area (Å²) in [5.41, 5.74) is 2.62. The molecule has 0 saturated carbocycles. The predicted octanol–water partition coefficient (Wildman–Crippen LogP) is 1.89. The second-order valence-electron chi connectivity index (χ2n) is 7.35. The van der Waals surface area contributed by atoms with Gasteiger partial charge in [0.15, 0.2) is 0 Å². The lowest BCUT2D eigenvalue weighted by atomic mass is 9.97. The van der Waals surface area contributed by atoms with Gasteiger partial charge in [-0.1, -0.05) is 0 Å². The molecule has 0 aliphatic carbocycles. The van der Waals surface area contributed by atoms with Gasteiger partial charge in [0.25, 0.3) is 0 Å². The first-order valence-corrected chi connectivity index (χ1v) is 9.50. The lowest BCUT2D eigenvalue weighted by Crippen LogP contribution is -2.38. The van der Waals surface area contributed by atoms with Gasteiger partial charge in [-0.3, -0.25) is 0 Å². The standard InChI is InChI=1S/C19H28N6/c1-14-22-18-6-8-20-7-5-17(18)19(23-14)25-10-3-4-16(13-25)12-24-11-9-21-15(24)2/h9,11,16,20H,3-8,10,12-13H2,1-2H3/t16-/m0/s1. The average Bonchev–Trinajstić information content (AvgIpc) is 2.87. The second-order valence-corrected chi connectivity index (χ2v) is 7.35. The van der Waals surface area contributed by atoms with Crippen LogP contribution in [0.3, 0.4) is 0 Å². The molecule has 6 heteroatoms. The van der Waals surface area contributed by atoms with Gasteiger partial charge >= 0.3 is 0 Å². The fourth-order valence-corrected chi connectivity index (χ4v) is 4.19. The van der Waals surface area contributed by atoms with E-state index < -0.39 is 0 Å². The van der Waals surface area contributed by atoms with Crippen molar-refractivity contribution >= 4 is 5.82 Å². The molecule has 2 aliphatic heterocycles. The summed E-state index contributed by atoms with van der Waals surface area (Å²) in [6, 6.07) is 0. The fraction of sp³-hybridized carbons (Fsp3) is 0.632. The fourth-order valence-electron chi connectivity index (χ4n) is 4.19. The molecule has 1 saturated heterocycles. The Morgan fingerprint density at radius 2 is 2.08 bits per heavy atom. The maximum absolute atomic E-state index is 4.87. The van der Waals surface area contributed by atoms with Crippen LogP contribution in [-0.2, 0) is 19.4 Å². The zero-order chi connectivity index (χ0) is 17.2. The van der Waals surface area contributed by atoms with Gasteiger partial charge in [-0.05, 0) is 45.6 Å². The van der Waals surface area contributed by atoms with E-state index in [1.54, 1.807) is 0 Å². The van der Waals surface area contributed by atoms with Crippen LogP contribution in [0.15, 0.2) is 12.4 Å². The molecular weight excluding hydrogens is 312 g/mol. The number of hydrogen-bond donors (Lipinski definition) is 1. The number of aromatic nitrogens is 4. The summed E-state index contributed by atoms with van der Waals surface area (Å²) in [7, 11) is 0. The van der Waals surface area contributed by atoms with Crippen molar-refractivity contribution in [3.8, 4) is 0 Å². The highest BCUT2D eigenvalue weighted by atomic mass is 15.2. The summed E-state index contributed by atoms with van der Waals surface area (Å²) >= 11 is 0. The Morgan fingerprint density at radius 1 is 1.20 bits per heavy atom. The summed E-state index contributed by atoms with van der Waals surface area (Å²) in [6.07, 6.45) is 8.55. The van der Waals surface area contributed by atoms with E-state index >= 15 is 0 Å². The maximum atomic E-state index is 4.87. The Bertz CT molecular complexity index is 738. The minimum absolute atomic E-state index is 0.650. The Morgan fingerprint density at radius 3 is 2.92 bits per heavy atom. The van der Waals surface area contributed by atoms with Crippen LogP contribution in [0, 0.1) is 19.8 Å². The Balaban J connectivity index is 1.57. The molecule has 0 amide bonds. The Labute approximate surface area is 149 Å². The third kappa shape index (κ3) is 3.54. The first-order chi connectivity index (χ1) is 12.2. The maximum Gasteiger partial charge on any atom is 0.135 e. The molecule has 0 bridgehead atoms. The molecule has 0 unspecified atom stereocenters. The van der Waals surface area contributed by atoms with Crippen molar-refractivity contribution in [1.82, 2.24) is 24.8 Å². The smallest absolute Gasteiger partial charge is 0.135 e.